The van der Waals surface area contributed by atoms with Gasteiger partial charge in [0.1, 0.15) is 31.5 Å². The standard InChI is InChI=1S/C21H25ClN2O3/c1-16-11-18(22)7-8-20(16)27-15-21(25)23-12-19-14-24(9-10-26-19)13-17-5-3-2-4-6-17/h2-8,11,19H,9-10,12-15H2,1H3,(H,23,25)/p+1/t19-/m0/s1. The van der Waals surface area contributed by atoms with Gasteiger partial charge in [-0.1, -0.05) is 41.9 Å². The van der Waals surface area contributed by atoms with Crippen LogP contribution in [0.3, 0.4) is 0 Å². The summed E-state index contributed by atoms with van der Waals surface area (Å²) in [7, 11) is 0. The number of carbonyl (C=O) groups excluding carboxylic acids is 1. The Bertz CT molecular complexity index is 754. The van der Waals surface area contributed by atoms with E-state index >= 15 is 0 Å². The summed E-state index contributed by atoms with van der Waals surface area (Å²) in [6.45, 7) is 5.94. The number of hydrogen-bond donors (Lipinski definition) is 2. The maximum absolute atomic E-state index is 12.1. The minimum atomic E-state index is -0.150. The minimum absolute atomic E-state index is 0.0181. The van der Waals surface area contributed by atoms with E-state index in [0.29, 0.717) is 23.9 Å². The highest BCUT2D eigenvalue weighted by molar-refractivity contribution is 6.30. The molecule has 0 spiro atoms. The fraction of sp³-hybridized carbons (Fsp3) is 0.381. The molecular formula is C21H26ClN2O3+. The topological polar surface area (TPSA) is 52.0 Å². The van der Waals surface area contributed by atoms with Crippen LogP contribution in [-0.4, -0.2) is 44.9 Å². The highest BCUT2D eigenvalue weighted by Crippen LogP contribution is 2.21. The van der Waals surface area contributed by atoms with Crippen LogP contribution in [0.25, 0.3) is 0 Å². The predicted molar refractivity (Wildman–Crippen MR) is 105 cm³/mol. The molecule has 2 aromatic carbocycles. The van der Waals surface area contributed by atoms with Crippen LogP contribution in [0.2, 0.25) is 5.02 Å². The third-order valence-corrected chi connectivity index (χ3v) is 4.88. The van der Waals surface area contributed by atoms with Gasteiger partial charge in [0.2, 0.25) is 0 Å². The van der Waals surface area contributed by atoms with Gasteiger partial charge in [0.05, 0.1) is 6.61 Å². The third-order valence-electron chi connectivity index (χ3n) is 4.65. The average molecular weight is 390 g/mol. The smallest absolute Gasteiger partial charge is 0.258 e. The van der Waals surface area contributed by atoms with Crippen LogP contribution in [0.4, 0.5) is 0 Å². The van der Waals surface area contributed by atoms with Crippen LogP contribution in [-0.2, 0) is 16.1 Å². The van der Waals surface area contributed by atoms with Crippen LogP contribution in [0.1, 0.15) is 11.1 Å². The third kappa shape index (κ3) is 6.24. The van der Waals surface area contributed by atoms with Crippen LogP contribution >= 0.6 is 11.6 Å². The van der Waals surface area contributed by atoms with E-state index in [9.17, 15) is 4.79 Å². The van der Waals surface area contributed by atoms with E-state index < -0.39 is 0 Å². The first-order chi connectivity index (χ1) is 13.1. The van der Waals surface area contributed by atoms with Gasteiger partial charge in [0.15, 0.2) is 6.61 Å². The highest BCUT2D eigenvalue weighted by atomic mass is 35.5. The second-order valence-corrected chi connectivity index (χ2v) is 7.30. The summed E-state index contributed by atoms with van der Waals surface area (Å²) in [6, 6.07) is 15.8. The van der Waals surface area contributed by atoms with Gasteiger partial charge in [-0.3, -0.25) is 4.79 Å². The first-order valence-corrected chi connectivity index (χ1v) is 9.62. The van der Waals surface area contributed by atoms with Crippen molar-refractivity contribution >= 4 is 17.5 Å². The van der Waals surface area contributed by atoms with E-state index in [2.05, 4.69) is 29.6 Å². The molecule has 1 saturated heterocycles. The van der Waals surface area contributed by atoms with Gasteiger partial charge in [-0.15, -0.1) is 0 Å². The second-order valence-electron chi connectivity index (χ2n) is 6.86. The molecule has 6 heteroatoms. The van der Waals surface area contributed by atoms with Crippen molar-refractivity contribution in [1.29, 1.82) is 0 Å². The van der Waals surface area contributed by atoms with Crippen molar-refractivity contribution in [2.24, 2.45) is 0 Å². The lowest BCUT2D eigenvalue weighted by atomic mass is 10.2. The first kappa shape index (κ1) is 19.7. The lowest BCUT2D eigenvalue weighted by Gasteiger charge is -2.30. The van der Waals surface area contributed by atoms with E-state index in [1.165, 1.54) is 10.5 Å². The second kappa shape index (κ2) is 9.74. The molecule has 144 valence electrons. The van der Waals surface area contributed by atoms with Crippen molar-refractivity contribution in [3.63, 3.8) is 0 Å². The van der Waals surface area contributed by atoms with Gasteiger partial charge in [-0.25, -0.2) is 0 Å². The predicted octanol–water partition coefficient (Wildman–Crippen LogP) is 1.63. The Hall–Kier alpha value is -2.08. The summed E-state index contributed by atoms with van der Waals surface area (Å²) >= 11 is 5.93. The van der Waals surface area contributed by atoms with Gasteiger partial charge in [-0.05, 0) is 30.7 Å². The molecule has 3 rings (SSSR count). The summed E-state index contributed by atoms with van der Waals surface area (Å²) < 4.78 is 11.4. The number of hydrogen-bond acceptors (Lipinski definition) is 3. The number of morpholine rings is 1. The van der Waals surface area contributed by atoms with E-state index in [-0.39, 0.29) is 18.6 Å². The fourth-order valence-corrected chi connectivity index (χ4v) is 3.45. The number of quaternary nitrogens is 1. The Balaban J connectivity index is 1.40. The minimum Gasteiger partial charge on any atom is -0.484 e. The lowest BCUT2D eigenvalue weighted by Crippen LogP contribution is -3.13. The Labute approximate surface area is 165 Å². The molecule has 2 N–H and O–H groups in total. The number of halogens is 1. The van der Waals surface area contributed by atoms with E-state index in [4.69, 9.17) is 21.1 Å². The molecule has 0 saturated carbocycles. The summed E-state index contributed by atoms with van der Waals surface area (Å²) in [4.78, 5) is 13.6. The Morgan fingerprint density at radius 2 is 2.11 bits per heavy atom. The number of amides is 1. The molecule has 0 bridgehead atoms. The number of rotatable bonds is 7. The Kier molecular flexibility index (Phi) is 7.10. The summed E-state index contributed by atoms with van der Waals surface area (Å²) in [5, 5.41) is 3.56. The van der Waals surface area contributed by atoms with Gasteiger partial charge >= 0.3 is 0 Å². The zero-order valence-corrected chi connectivity index (χ0v) is 16.3. The molecule has 0 radical (unpaired) electrons. The van der Waals surface area contributed by atoms with Crippen molar-refractivity contribution in [3.05, 3.63) is 64.7 Å². The fourth-order valence-electron chi connectivity index (χ4n) is 3.23. The lowest BCUT2D eigenvalue weighted by molar-refractivity contribution is -0.925. The van der Waals surface area contributed by atoms with Crippen molar-refractivity contribution in [3.8, 4) is 5.75 Å². The molecule has 1 aliphatic heterocycles. The molecule has 27 heavy (non-hydrogen) atoms. The summed E-state index contributed by atoms with van der Waals surface area (Å²) in [6.07, 6.45) is 0.0266. The van der Waals surface area contributed by atoms with Crippen LogP contribution in [0.5, 0.6) is 5.75 Å². The number of nitrogens with one attached hydrogen (secondary N) is 2. The number of aryl methyl sites for hydroxylation is 1. The average Bonchev–Trinajstić information content (AvgIpc) is 2.67. The molecule has 2 aromatic rings. The molecule has 1 unspecified atom stereocenters. The Morgan fingerprint density at radius 3 is 2.89 bits per heavy atom. The zero-order valence-electron chi connectivity index (χ0n) is 15.5. The zero-order chi connectivity index (χ0) is 19.1. The number of ether oxygens (including phenoxy) is 2. The molecule has 1 amide bonds. The van der Waals surface area contributed by atoms with E-state index in [0.717, 1.165) is 25.2 Å². The van der Waals surface area contributed by atoms with E-state index in [1.54, 1.807) is 12.1 Å². The van der Waals surface area contributed by atoms with Gasteiger partial charge < -0.3 is 19.7 Å². The van der Waals surface area contributed by atoms with Gasteiger partial charge in [-0.2, -0.15) is 0 Å². The SMILES string of the molecule is Cc1cc(Cl)ccc1OCC(=O)NC[C@H]1C[NH+](Cc2ccccc2)CCO1. The Morgan fingerprint density at radius 1 is 1.30 bits per heavy atom. The highest BCUT2D eigenvalue weighted by Gasteiger charge is 2.24. The molecule has 0 aliphatic carbocycles. The van der Waals surface area contributed by atoms with Crippen LogP contribution < -0.4 is 15.0 Å². The molecular weight excluding hydrogens is 364 g/mol. The number of benzene rings is 2. The monoisotopic (exact) mass is 389 g/mol. The summed E-state index contributed by atoms with van der Waals surface area (Å²) in [5.41, 5.74) is 2.23. The molecule has 1 fully saturated rings. The maximum atomic E-state index is 12.1. The van der Waals surface area contributed by atoms with Crippen molar-refractivity contribution in [2.45, 2.75) is 19.6 Å². The van der Waals surface area contributed by atoms with Crippen molar-refractivity contribution < 1.29 is 19.2 Å². The molecule has 2 atom stereocenters. The van der Waals surface area contributed by atoms with Gasteiger partial charge in [0.25, 0.3) is 5.91 Å². The van der Waals surface area contributed by atoms with Crippen molar-refractivity contribution in [1.82, 2.24) is 5.32 Å². The van der Waals surface area contributed by atoms with Gasteiger partial charge in [0, 0.05) is 17.1 Å². The normalized spacial score (nSPS) is 19.5. The summed E-state index contributed by atoms with van der Waals surface area (Å²) in [5.74, 6) is 0.519. The van der Waals surface area contributed by atoms with Crippen molar-refractivity contribution in [2.75, 3.05) is 32.8 Å². The molecule has 0 aromatic heterocycles. The van der Waals surface area contributed by atoms with Crippen LogP contribution in [0, 0.1) is 6.92 Å². The molecule has 1 heterocycles. The molecule has 5 nitrogen and oxygen atoms in total. The first-order valence-electron chi connectivity index (χ1n) is 9.25. The molecule has 1 aliphatic rings. The number of carbonyl (C=O) groups is 1. The van der Waals surface area contributed by atoms with E-state index in [1.807, 2.05) is 19.1 Å². The van der Waals surface area contributed by atoms with Crippen LogP contribution in [0.15, 0.2) is 48.5 Å². The quantitative estimate of drug-likeness (QED) is 0.756. The maximum Gasteiger partial charge on any atom is 0.258 e. The largest absolute Gasteiger partial charge is 0.484 e.